The molecule has 86 valence electrons. The van der Waals surface area contributed by atoms with E-state index in [1.54, 1.807) is 18.2 Å². The first-order valence-electron chi connectivity index (χ1n) is 4.90. The van der Waals surface area contributed by atoms with Crippen LogP contribution in [0, 0.1) is 0 Å². The molecule has 1 aromatic heterocycles. The van der Waals surface area contributed by atoms with Crippen LogP contribution in [0.15, 0.2) is 23.0 Å². The minimum absolute atomic E-state index is 0.0249. The number of nitrogens with two attached hydrogens (primary N) is 1. The summed E-state index contributed by atoms with van der Waals surface area (Å²) in [5.41, 5.74) is 6.71. The second kappa shape index (κ2) is 4.09. The molecule has 1 aromatic carbocycles. The average molecular weight is 223 g/mol. The van der Waals surface area contributed by atoms with E-state index in [1.165, 1.54) is 0 Å². The van der Waals surface area contributed by atoms with Gasteiger partial charge in [0.15, 0.2) is 0 Å². The number of aliphatic hydroxyl groups excluding tert-OH is 2. The molecule has 1 heterocycles. The number of aromatic amines is 2. The van der Waals surface area contributed by atoms with Crippen molar-refractivity contribution in [2.75, 3.05) is 6.54 Å². The Labute approximate surface area is 90.7 Å². The minimum Gasteiger partial charge on any atom is -0.389 e. The van der Waals surface area contributed by atoms with E-state index in [1.807, 2.05) is 0 Å². The summed E-state index contributed by atoms with van der Waals surface area (Å²) in [7, 11) is 0. The molecular formula is C10H13N3O3. The van der Waals surface area contributed by atoms with Crippen molar-refractivity contribution in [3.8, 4) is 0 Å². The highest BCUT2D eigenvalue weighted by Gasteiger charge is 2.17. The summed E-state index contributed by atoms with van der Waals surface area (Å²) < 4.78 is 0. The van der Waals surface area contributed by atoms with Crippen molar-refractivity contribution in [2.45, 2.75) is 12.2 Å². The molecule has 2 rings (SSSR count). The zero-order valence-corrected chi connectivity index (χ0v) is 8.47. The van der Waals surface area contributed by atoms with E-state index >= 15 is 0 Å². The van der Waals surface area contributed by atoms with Crippen molar-refractivity contribution in [3.63, 3.8) is 0 Å². The van der Waals surface area contributed by atoms with Crippen molar-refractivity contribution in [1.82, 2.24) is 9.97 Å². The number of fused-ring (bicyclic) bond motifs is 1. The number of H-pyrrole nitrogens is 2. The van der Waals surface area contributed by atoms with Crippen molar-refractivity contribution in [1.29, 1.82) is 0 Å². The second-order valence-electron chi connectivity index (χ2n) is 3.63. The third-order valence-electron chi connectivity index (χ3n) is 2.49. The Kier molecular flexibility index (Phi) is 2.78. The van der Waals surface area contributed by atoms with Gasteiger partial charge in [-0.2, -0.15) is 0 Å². The van der Waals surface area contributed by atoms with Crippen LogP contribution >= 0.6 is 0 Å². The van der Waals surface area contributed by atoms with Crippen LogP contribution < -0.4 is 11.4 Å². The van der Waals surface area contributed by atoms with Gasteiger partial charge in [-0.25, -0.2) is 4.79 Å². The van der Waals surface area contributed by atoms with E-state index in [9.17, 15) is 15.0 Å². The van der Waals surface area contributed by atoms with Crippen molar-refractivity contribution < 1.29 is 10.2 Å². The first kappa shape index (κ1) is 10.9. The van der Waals surface area contributed by atoms with Crippen LogP contribution in [-0.2, 0) is 0 Å². The number of benzene rings is 1. The molecule has 0 spiro atoms. The third kappa shape index (κ3) is 1.85. The Morgan fingerprint density at radius 1 is 1.25 bits per heavy atom. The Morgan fingerprint density at radius 3 is 2.62 bits per heavy atom. The van der Waals surface area contributed by atoms with Crippen LogP contribution in [-0.4, -0.2) is 32.8 Å². The number of aromatic nitrogens is 2. The molecule has 0 saturated heterocycles. The highest BCUT2D eigenvalue weighted by molar-refractivity contribution is 5.75. The van der Waals surface area contributed by atoms with Crippen LogP contribution in [0.25, 0.3) is 11.0 Å². The zero-order chi connectivity index (χ0) is 11.7. The Morgan fingerprint density at radius 2 is 1.94 bits per heavy atom. The van der Waals surface area contributed by atoms with Gasteiger partial charge in [0.1, 0.15) is 6.10 Å². The molecule has 0 saturated carbocycles. The van der Waals surface area contributed by atoms with E-state index < -0.39 is 12.2 Å². The van der Waals surface area contributed by atoms with Gasteiger partial charge in [-0.3, -0.25) is 0 Å². The molecule has 6 nitrogen and oxygen atoms in total. The fraction of sp³-hybridized carbons (Fsp3) is 0.300. The standard InChI is InChI=1S/C10H13N3O3/c11-4-8(14)9(15)5-1-2-6-7(3-5)13-10(16)12-6/h1-3,8-9,14-15H,4,11H2,(H2,12,13,16). The fourth-order valence-corrected chi connectivity index (χ4v) is 1.59. The average Bonchev–Trinajstić information content (AvgIpc) is 2.65. The lowest BCUT2D eigenvalue weighted by Gasteiger charge is -2.16. The summed E-state index contributed by atoms with van der Waals surface area (Å²) in [5, 5.41) is 19.1. The molecule has 0 bridgehead atoms. The molecule has 0 fully saturated rings. The summed E-state index contributed by atoms with van der Waals surface area (Å²) in [6, 6.07) is 4.90. The topological polar surface area (TPSA) is 115 Å². The van der Waals surface area contributed by atoms with Gasteiger partial charge in [0.25, 0.3) is 0 Å². The smallest absolute Gasteiger partial charge is 0.323 e. The number of hydrogen-bond donors (Lipinski definition) is 5. The van der Waals surface area contributed by atoms with E-state index in [2.05, 4.69) is 9.97 Å². The normalized spacial score (nSPS) is 15.2. The van der Waals surface area contributed by atoms with Crippen molar-refractivity contribution in [3.05, 3.63) is 34.2 Å². The van der Waals surface area contributed by atoms with Gasteiger partial charge in [-0.05, 0) is 17.7 Å². The summed E-state index contributed by atoms with van der Waals surface area (Å²) in [6.45, 7) is -0.0249. The molecule has 0 amide bonds. The second-order valence-corrected chi connectivity index (χ2v) is 3.63. The molecule has 6 heteroatoms. The minimum atomic E-state index is -1.05. The lowest BCUT2D eigenvalue weighted by atomic mass is 10.0. The summed E-state index contributed by atoms with van der Waals surface area (Å²) in [6.07, 6.45) is -2.06. The lowest BCUT2D eigenvalue weighted by molar-refractivity contribution is 0.0244. The largest absolute Gasteiger partial charge is 0.389 e. The molecule has 6 N–H and O–H groups in total. The fourth-order valence-electron chi connectivity index (χ4n) is 1.59. The highest BCUT2D eigenvalue weighted by Crippen LogP contribution is 2.19. The molecule has 0 radical (unpaired) electrons. The quantitative estimate of drug-likeness (QED) is 0.469. The number of nitrogens with one attached hydrogen (secondary N) is 2. The Hall–Kier alpha value is -1.63. The summed E-state index contributed by atoms with van der Waals surface area (Å²) in [5.74, 6) is 0. The molecule has 0 aliphatic carbocycles. The van der Waals surface area contributed by atoms with Crippen LogP contribution in [0.4, 0.5) is 0 Å². The van der Waals surface area contributed by atoms with Crippen LogP contribution in [0.2, 0.25) is 0 Å². The molecule has 0 aliphatic heterocycles. The third-order valence-corrected chi connectivity index (χ3v) is 2.49. The Bertz CT molecular complexity index is 545. The monoisotopic (exact) mass is 223 g/mol. The first-order valence-corrected chi connectivity index (χ1v) is 4.90. The van der Waals surface area contributed by atoms with E-state index in [0.717, 1.165) is 0 Å². The molecule has 16 heavy (non-hydrogen) atoms. The molecule has 2 aromatic rings. The number of hydrogen-bond acceptors (Lipinski definition) is 4. The number of rotatable bonds is 3. The van der Waals surface area contributed by atoms with E-state index in [0.29, 0.717) is 16.6 Å². The molecular weight excluding hydrogens is 210 g/mol. The number of aliphatic hydroxyl groups is 2. The predicted octanol–water partition coefficient (Wildman–Crippen LogP) is -0.791. The van der Waals surface area contributed by atoms with Crippen molar-refractivity contribution >= 4 is 11.0 Å². The summed E-state index contributed by atoms with van der Waals surface area (Å²) in [4.78, 5) is 16.2. The van der Waals surface area contributed by atoms with E-state index in [4.69, 9.17) is 5.73 Å². The summed E-state index contributed by atoms with van der Waals surface area (Å²) >= 11 is 0. The maximum absolute atomic E-state index is 11.0. The van der Waals surface area contributed by atoms with Gasteiger partial charge in [0.05, 0.1) is 17.1 Å². The maximum Gasteiger partial charge on any atom is 0.323 e. The number of imidazole rings is 1. The van der Waals surface area contributed by atoms with Crippen LogP contribution in [0.5, 0.6) is 0 Å². The highest BCUT2D eigenvalue weighted by atomic mass is 16.3. The zero-order valence-electron chi connectivity index (χ0n) is 8.47. The van der Waals surface area contributed by atoms with Gasteiger partial charge in [-0.15, -0.1) is 0 Å². The van der Waals surface area contributed by atoms with Crippen LogP contribution in [0.1, 0.15) is 11.7 Å². The van der Waals surface area contributed by atoms with E-state index in [-0.39, 0.29) is 12.2 Å². The van der Waals surface area contributed by atoms with Gasteiger partial charge >= 0.3 is 5.69 Å². The maximum atomic E-state index is 11.0. The lowest BCUT2D eigenvalue weighted by Crippen LogP contribution is -2.27. The van der Waals surface area contributed by atoms with Gasteiger partial charge in [0.2, 0.25) is 0 Å². The van der Waals surface area contributed by atoms with Gasteiger partial charge in [-0.1, -0.05) is 6.07 Å². The van der Waals surface area contributed by atoms with Gasteiger partial charge in [0, 0.05) is 6.54 Å². The first-order chi connectivity index (χ1) is 7.61. The van der Waals surface area contributed by atoms with Gasteiger partial charge < -0.3 is 25.9 Å². The van der Waals surface area contributed by atoms with Crippen molar-refractivity contribution in [2.24, 2.45) is 5.73 Å². The molecule has 2 unspecified atom stereocenters. The predicted molar refractivity (Wildman–Crippen MR) is 58.9 cm³/mol. The van der Waals surface area contributed by atoms with Crippen LogP contribution in [0.3, 0.4) is 0 Å². The SMILES string of the molecule is NCC(O)C(O)c1ccc2[nH]c(=O)[nH]c2c1. The molecule has 0 aliphatic rings. The Balaban J connectivity index is 2.42. The molecule has 2 atom stereocenters.